The number of nitrogens with zero attached hydrogens (tertiary/aromatic N) is 2. The number of carboxylic acid groups (broad SMARTS) is 1. The minimum Gasteiger partial charge on any atom is -0.478 e. The topological polar surface area (TPSA) is 113 Å². The fourth-order valence-electron chi connectivity index (χ4n) is 3.39. The molecule has 2 aromatic heterocycles. The smallest absolute Gasteiger partial charge is 0.335 e. The van der Waals surface area contributed by atoms with Gasteiger partial charge in [0, 0.05) is 36.2 Å². The quantitative estimate of drug-likeness (QED) is 0.373. The van der Waals surface area contributed by atoms with E-state index in [1.165, 1.54) is 34.6 Å². The van der Waals surface area contributed by atoms with Crippen molar-refractivity contribution in [2.45, 2.75) is 11.4 Å². The summed E-state index contributed by atoms with van der Waals surface area (Å²) in [6.07, 6.45) is 4.42. The molecule has 0 radical (unpaired) electrons. The first-order valence-corrected chi connectivity index (χ1v) is 11.4. The number of hydrogen-bond donors (Lipinski definition) is 3. The highest BCUT2D eigenvalue weighted by atomic mass is 35.5. The van der Waals surface area contributed by atoms with E-state index in [0.717, 1.165) is 10.9 Å². The van der Waals surface area contributed by atoms with Crippen molar-refractivity contribution in [2.24, 2.45) is 0 Å². The molecular weight excluding hydrogens is 452 g/mol. The molecule has 10 heteroatoms. The SMILES string of the molecule is CNCc1cn(S(=O)(=O)c2cccnc2)c2cc(Nc3ccc(C(=O)O)cc3Cl)ccc12. The third-order valence-corrected chi connectivity index (χ3v) is 6.88. The van der Waals surface area contributed by atoms with Gasteiger partial charge in [-0.1, -0.05) is 17.7 Å². The van der Waals surface area contributed by atoms with Crippen molar-refractivity contribution in [3.63, 3.8) is 0 Å². The van der Waals surface area contributed by atoms with E-state index in [2.05, 4.69) is 15.6 Å². The summed E-state index contributed by atoms with van der Waals surface area (Å²) in [7, 11) is -2.08. The Labute approximate surface area is 189 Å². The first kappa shape index (κ1) is 21.8. The van der Waals surface area contributed by atoms with Gasteiger partial charge in [-0.15, -0.1) is 0 Å². The number of aromatic carboxylic acids is 1. The largest absolute Gasteiger partial charge is 0.478 e. The van der Waals surface area contributed by atoms with Crippen molar-refractivity contribution in [1.82, 2.24) is 14.3 Å². The summed E-state index contributed by atoms with van der Waals surface area (Å²) in [5.41, 5.74) is 2.48. The van der Waals surface area contributed by atoms with Crippen LogP contribution in [0.2, 0.25) is 5.02 Å². The molecule has 4 rings (SSSR count). The average molecular weight is 471 g/mol. The Kier molecular flexibility index (Phi) is 5.88. The Bertz CT molecular complexity index is 1420. The summed E-state index contributed by atoms with van der Waals surface area (Å²) in [5, 5.41) is 16.3. The molecule has 2 heterocycles. The van der Waals surface area contributed by atoms with Gasteiger partial charge in [0.25, 0.3) is 10.0 Å². The van der Waals surface area contributed by atoms with E-state index < -0.39 is 16.0 Å². The molecule has 0 saturated heterocycles. The van der Waals surface area contributed by atoms with Crippen molar-refractivity contribution in [3.8, 4) is 0 Å². The predicted octanol–water partition coefficient (Wildman–Crippen LogP) is 4.09. The highest BCUT2D eigenvalue weighted by Gasteiger charge is 2.21. The van der Waals surface area contributed by atoms with Crippen LogP contribution in [0.1, 0.15) is 15.9 Å². The van der Waals surface area contributed by atoms with Gasteiger partial charge in [0.1, 0.15) is 4.90 Å². The lowest BCUT2D eigenvalue weighted by molar-refractivity contribution is 0.0697. The minimum atomic E-state index is -3.87. The highest BCUT2D eigenvalue weighted by Crippen LogP contribution is 2.31. The highest BCUT2D eigenvalue weighted by molar-refractivity contribution is 7.90. The van der Waals surface area contributed by atoms with Crippen molar-refractivity contribution < 1.29 is 18.3 Å². The minimum absolute atomic E-state index is 0.0733. The van der Waals surface area contributed by atoms with Gasteiger partial charge in [0.05, 0.1) is 21.8 Å². The summed E-state index contributed by atoms with van der Waals surface area (Å²) in [6.45, 7) is 0.487. The number of fused-ring (bicyclic) bond motifs is 1. The van der Waals surface area contributed by atoms with Crippen LogP contribution in [0.15, 0.2) is 72.0 Å². The van der Waals surface area contributed by atoms with Crippen molar-refractivity contribution in [3.05, 3.63) is 83.3 Å². The third-order valence-electron chi connectivity index (χ3n) is 4.91. The number of hydrogen-bond acceptors (Lipinski definition) is 6. The van der Waals surface area contributed by atoms with Crippen molar-refractivity contribution in [2.75, 3.05) is 12.4 Å². The summed E-state index contributed by atoms with van der Waals surface area (Å²) >= 11 is 6.23. The zero-order valence-electron chi connectivity index (χ0n) is 16.9. The standard InChI is InChI=1S/C22H19ClN4O4S/c1-24-11-15-13-27(32(30,31)17-3-2-8-25-12-17)21-10-16(5-6-18(15)21)26-20-7-4-14(22(28)29)9-19(20)23/h2-10,12-13,24,26H,11H2,1H3,(H,28,29). The van der Waals surface area contributed by atoms with E-state index in [4.69, 9.17) is 16.7 Å². The second-order valence-corrected chi connectivity index (χ2v) is 9.25. The number of aromatic nitrogens is 2. The van der Waals surface area contributed by atoms with Gasteiger partial charge in [-0.3, -0.25) is 4.98 Å². The number of benzene rings is 2. The second-order valence-electron chi connectivity index (χ2n) is 7.03. The number of anilines is 2. The Morgan fingerprint density at radius 1 is 1.19 bits per heavy atom. The molecule has 0 saturated carbocycles. The van der Waals surface area contributed by atoms with E-state index in [9.17, 15) is 13.2 Å². The molecule has 8 nitrogen and oxygen atoms in total. The number of rotatable bonds is 7. The normalized spacial score (nSPS) is 11.6. The molecule has 4 aromatic rings. The van der Waals surface area contributed by atoms with Crippen LogP contribution in [0, 0.1) is 0 Å². The Morgan fingerprint density at radius 2 is 2.00 bits per heavy atom. The van der Waals surface area contributed by atoms with Gasteiger partial charge < -0.3 is 15.7 Å². The molecule has 0 aliphatic carbocycles. The Morgan fingerprint density at radius 3 is 2.66 bits per heavy atom. The van der Waals surface area contributed by atoms with Crippen LogP contribution in [-0.4, -0.2) is 35.5 Å². The van der Waals surface area contributed by atoms with Crippen LogP contribution >= 0.6 is 11.6 Å². The zero-order valence-corrected chi connectivity index (χ0v) is 18.5. The average Bonchev–Trinajstić information content (AvgIpc) is 3.14. The summed E-state index contributed by atoms with van der Waals surface area (Å²) < 4.78 is 27.8. The van der Waals surface area contributed by atoms with Gasteiger partial charge in [-0.25, -0.2) is 17.2 Å². The maximum Gasteiger partial charge on any atom is 0.335 e. The van der Waals surface area contributed by atoms with Gasteiger partial charge in [-0.2, -0.15) is 0 Å². The summed E-state index contributed by atoms with van der Waals surface area (Å²) in [5.74, 6) is -1.07. The molecule has 32 heavy (non-hydrogen) atoms. The number of pyridine rings is 1. The molecule has 0 aliphatic rings. The molecule has 3 N–H and O–H groups in total. The summed E-state index contributed by atoms with van der Waals surface area (Å²) in [4.78, 5) is 15.1. The van der Waals surface area contributed by atoms with E-state index in [1.54, 1.807) is 31.4 Å². The number of carboxylic acids is 1. The molecule has 0 spiro atoms. The second kappa shape index (κ2) is 8.62. The fraction of sp³-hybridized carbons (Fsp3) is 0.0909. The van der Waals surface area contributed by atoms with E-state index in [1.807, 2.05) is 12.1 Å². The maximum atomic E-state index is 13.3. The van der Waals surface area contributed by atoms with Crippen LogP contribution in [0.25, 0.3) is 10.9 Å². The van der Waals surface area contributed by atoms with Gasteiger partial charge in [0.2, 0.25) is 0 Å². The fourth-order valence-corrected chi connectivity index (χ4v) is 4.97. The number of carbonyl (C=O) groups is 1. The van der Waals surface area contributed by atoms with Crippen molar-refractivity contribution >= 4 is 49.9 Å². The van der Waals surface area contributed by atoms with Gasteiger partial charge >= 0.3 is 5.97 Å². The maximum absolute atomic E-state index is 13.3. The summed E-state index contributed by atoms with van der Waals surface area (Å²) in [6, 6.07) is 12.8. The molecule has 0 unspecified atom stereocenters. The first-order chi connectivity index (χ1) is 15.3. The molecule has 0 aliphatic heterocycles. The Balaban J connectivity index is 1.81. The van der Waals surface area contributed by atoms with Gasteiger partial charge in [0.15, 0.2) is 0 Å². The number of nitrogens with one attached hydrogen (secondary N) is 2. The molecule has 2 aromatic carbocycles. The molecular formula is C22H19ClN4O4S. The van der Waals surface area contributed by atoms with E-state index in [-0.39, 0.29) is 15.5 Å². The van der Waals surface area contributed by atoms with Crippen LogP contribution in [-0.2, 0) is 16.6 Å². The number of halogens is 1. The van der Waals surface area contributed by atoms with Gasteiger partial charge in [-0.05, 0) is 55.1 Å². The lowest BCUT2D eigenvalue weighted by atomic mass is 10.1. The van der Waals surface area contributed by atoms with Crippen LogP contribution in [0.4, 0.5) is 11.4 Å². The predicted molar refractivity (Wildman–Crippen MR) is 123 cm³/mol. The molecule has 0 bridgehead atoms. The Hall–Kier alpha value is -3.40. The van der Waals surface area contributed by atoms with Crippen molar-refractivity contribution in [1.29, 1.82) is 0 Å². The third kappa shape index (κ3) is 4.05. The van der Waals surface area contributed by atoms with E-state index >= 15 is 0 Å². The molecule has 0 amide bonds. The first-order valence-electron chi connectivity index (χ1n) is 9.55. The lowest BCUT2D eigenvalue weighted by Gasteiger charge is -2.11. The molecule has 0 fully saturated rings. The molecule has 0 atom stereocenters. The van der Waals surface area contributed by atoms with Crippen LogP contribution in [0.3, 0.4) is 0 Å². The van der Waals surface area contributed by atoms with Crippen LogP contribution < -0.4 is 10.6 Å². The van der Waals surface area contributed by atoms with Crippen LogP contribution in [0.5, 0.6) is 0 Å². The van der Waals surface area contributed by atoms with E-state index in [0.29, 0.717) is 23.4 Å². The monoisotopic (exact) mass is 470 g/mol. The molecule has 164 valence electrons. The lowest BCUT2D eigenvalue weighted by Crippen LogP contribution is -2.12. The zero-order chi connectivity index (χ0) is 22.9.